The zero-order chi connectivity index (χ0) is 9.42. The van der Waals surface area contributed by atoms with Crippen molar-refractivity contribution in [1.82, 2.24) is 0 Å². The normalized spacial score (nSPS) is 49.6. The molecule has 0 radical (unpaired) electrons. The van der Waals surface area contributed by atoms with Crippen molar-refractivity contribution >= 4 is 23.0 Å². The van der Waals surface area contributed by atoms with Crippen molar-refractivity contribution in [2.75, 3.05) is 0 Å². The second-order valence-electron chi connectivity index (χ2n) is 3.84. The van der Waals surface area contributed by atoms with Crippen LogP contribution in [0.2, 0.25) is 0 Å². The smallest absolute Gasteiger partial charge is 0.130 e. The quantitative estimate of drug-likeness (QED) is 0.732. The van der Waals surface area contributed by atoms with Gasteiger partial charge >= 0.3 is 0 Å². The summed E-state index contributed by atoms with van der Waals surface area (Å²) in [6.07, 6.45) is 0.984. The minimum Gasteiger partial charge on any atom is -0.372 e. The van der Waals surface area contributed by atoms with Crippen molar-refractivity contribution in [3.8, 4) is 0 Å². The van der Waals surface area contributed by atoms with Gasteiger partial charge in [-0.1, -0.05) is 6.92 Å². The molecule has 76 valence electrons. The second kappa shape index (κ2) is 3.96. The van der Waals surface area contributed by atoms with Crippen molar-refractivity contribution in [2.24, 2.45) is 5.92 Å². The Morgan fingerprint density at radius 3 is 2.77 bits per heavy atom. The molecule has 5 atom stereocenters. The summed E-state index contributed by atoms with van der Waals surface area (Å²) in [4.78, 5) is 3.91. The lowest BCUT2D eigenvalue weighted by Crippen LogP contribution is -2.44. The first-order chi connectivity index (χ1) is 6.26. The van der Waals surface area contributed by atoms with Gasteiger partial charge in [0.05, 0.1) is 12.2 Å². The van der Waals surface area contributed by atoms with E-state index in [-0.39, 0.29) is 18.3 Å². The number of ether oxygens (including phenoxy) is 1. The van der Waals surface area contributed by atoms with Gasteiger partial charge in [0.1, 0.15) is 35.2 Å². The van der Waals surface area contributed by atoms with Gasteiger partial charge in [-0.3, -0.25) is 0 Å². The molecule has 0 amide bonds. The molecular weight excluding hydrogens is 290 g/mol. The van der Waals surface area contributed by atoms with Gasteiger partial charge in [0.2, 0.25) is 0 Å². The summed E-state index contributed by atoms with van der Waals surface area (Å²) in [5.74, 6) is 0.485. The molecule has 13 heavy (non-hydrogen) atoms. The third kappa shape index (κ3) is 1.71. The van der Waals surface area contributed by atoms with E-state index in [1.165, 1.54) is 0 Å². The van der Waals surface area contributed by atoms with Gasteiger partial charge in [-0.25, -0.2) is 0 Å². The van der Waals surface area contributed by atoms with Crippen LogP contribution in [0.15, 0.2) is 0 Å². The molecule has 2 unspecified atom stereocenters. The molecule has 0 spiro atoms. The Balaban J connectivity index is 2.09. The van der Waals surface area contributed by atoms with E-state index < -0.39 is 6.10 Å². The third-order valence-corrected chi connectivity index (χ3v) is 3.59. The maximum absolute atomic E-state index is 12.2. The zero-order valence-electron chi connectivity index (χ0n) is 7.28. The van der Waals surface area contributed by atoms with E-state index in [4.69, 9.17) is 7.80 Å². The van der Waals surface area contributed by atoms with Crippen molar-refractivity contribution in [3.63, 3.8) is 0 Å². The van der Waals surface area contributed by atoms with Crippen LogP contribution < -0.4 is 0 Å². The number of fused-ring (bicyclic) bond motifs is 2. The predicted molar refractivity (Wildman–Crippen MR) is 51.9 cm³/mol. The van der Waals surface area contributed by atoms with Crippen molar-refractivity contribution in [1.29, 1.82) is 0 Å². The van der Waals surface area contributed by atoms with E-state index in [1.807, 2.05) is 0 Å². The summed E-state index contributed by atoms with van der Waals surface area (Å²) >= 11 is 1.78. The average molecular weight is 302 g/mol. The Bertz CT molecular complexity index is 188. The third-order valence-electron chi connectivity index (χ3n) is 3.00. The zero-order valence-corrected chi connectivity index (χ0v) is 9.44. The van der Waals surface area contributed by atoms with Crippen LogP contribution >= 0.6 is 23.0 Å². The summed E-state index contributed by atoms with van der Waals surface area (Å²) < 4.78 is 23.0. The first kappa shape index (κ1) is 10.1. The maximum atomic E-state index is 12.2. The monoisotopic (exact) mass is 302 g/mol. The molecule has 0 aromatic heterocycles. The fourth-order valence-corrected chi connectivity index (χ4v) is 2.89. The second-order valence-corrected chi connectivity index (χ2v) is 4.35. The Morgan fingerprint density at radius 2 is 2.15 bits per heavy atom. The van der Waals surface area contributed by atoms with Crippen LogP contribution in [0.5, 0.6) is 0 Å². The van der Waals surface area contributed by atoms with Gasteiger partial charge in [0, 0.05) is 6.42 Å². The van der Waals surface area contributed by atoms with E-state index in [0.29, 0.717) is 12.3 Å². The predicted octanol–water partition coefficient (Wildman–Crippen LogP) is 2.19. The molecule has 0 N–H and O–H groups in total. The molecule has 3 nitrogen and oxygen atoms in total. The van der Waals surface area contributed by atoms with Crippen LogP contribution in [0.1, 0.15) is 19.8 Å². The molecule has 2 aliphatic rings. The first-order valence-corrected chi connectivity index (χ1v) is 5.34. The van der Waals surface area contributed by atoms with E-state index in [9.17, 15) is 4.53 Å². The number of hydrogen-bond acceptors (Lipinski definition) is 3. The topological polar surface area (TPSA) is 27.7 Å². The molecule has 0 saturated carbocycles. The van der Waals surface area contributed by atoms with Crippen LogP contribution in [-0.4, -0.2) is 24.4 Å². The molecule has 0 aromatic carbocycles. The molecule has 2 aliphatic heterocycles. The van der Waals surface area contributed by atoms with Gasteiger partial charge in [0.15, 0.2) is 0 Å². The van der Waals surface area contributed by atoms with Crippen LogP contribution in [0.25, 0.3) is 0 Å². The molecule has 2 fully saturated rings. The highest BCUT2D eigenvalue weighted by molar-refractivity contribution is 14.1. The molecule has 2 saturated heterocycles. The molecule has 5 heteroatoms. The van der Waals surface area contributed by atoms with Gasteiger partial charge in [-0.2, -0.15) is 4.94 Å². The fraction of sp³-hybridized carbons (Fsp3) is 1.00. The van der Waals surface area contributed by atoms with Crippen molar-refractivity contribution in [2.45, 2.75) is 44.2 Å². The van der Waals surface area contributed by atoms with Crippen molar-refractivity contribution in [3.05, 3.63) is 0 Å². The summed E-state index contributed by atoms with van der Waals surface area (Å²) in [6.45, 7) is 2.12. The lowest BCUT2D eigenvalue weighted by atomic mass is 10.0. The highest BCUT2D eigenvalue weighted by atomic mass is 127. The minimum atomic E-state index is -0.453. The van der Waals surface area contributed by atoms with E-state index in [1.54, 1.807) is 23.0 Å². The van der Waals surface area contributed by atoms with Gasteiger partial charge < -0.3 is 7.80 Å². The standard InChI is InChI=1S/C8H12FIO3/c1-4-2-6-8(13-10)7(12-9)3-5(4)11-6/h4-8H,2-3H2,1H3/t4?,5?,6-,7-,8-/m1/s1. The number of rotatable bonds is 2. The summed E-state index contributed by atoms with van der Waals surface area (Å²) in [7, 11) is 0. The lowest BCUT2D eigenvalue weighted by molar-refractivity contribution is -0.241. The Morgan fingerprint density at radius 1 is 1.38 bits per heavy atom. The summed E-state index contributed by atoms with van der Waals surface area (Å²) in [6, 6.07) is 0. The molecule has 2 bridgehead atoms. The summed E-state index contributed by atoms with van der Waals surface area (Å²) in [5, 5.41) is 0. The van der Waals surface area contributed by atoms with Gasteiger partial charge in [-0.15, -0.1) is 0 Å². The van der Waals surface area contributed by atoms with Crippen LogP contribution in [0.3, 0.4) is 0 Å². The molecule has 2 heterocycles. The van der Waals surface area contributed by atoms with Gasteiger partial charge in [-0.05, 0) is 16.9 Å². The van der Waals surface area contributed by atoms with Crippen LogP contribution in [-0.2, 0) is 12.7 Å². The van der Waals surface area contributed by atoms with Gasteiger partial charge in [0.25, 0.3) is 0 Å². The van der Waals surface area contributed by atoms with Crippen LogP contribution in [0.4, 0.5) is 4.53 Å². The fourth-order valence-electron chi connectivity index (χ4n) is 2.24. The molecule has 0 aromatic rings. The number of halogens is 2. The van der Waals surface area contributed by atoms with Crippen molar-refractivity contribution < 1.29 is 17.3 Å². The number of hydrogen-bond donors (Lipinski definition) is 0. The molecular formula is C8H12FIO3. The van der Waals surface area contributed by atoms with E-state index in [2.05, 4.69) is 11.9 Å². The first-order valence-electron chi connectivity index (χ1n) is 4.46. The maximum Gasteiger partial charge on any atom is 0.130 e. The average Bonchev–Trinajstić information content (AvgIpc) is 2.43. The highest BCUT2D eigenvalue weighted by Crippen LogP contribution is 2.39. The summed E-state index contributed by atoms with van der Waals surface area (Å²) in [5.41, 5.74) is 0. The lowest BCUT2D eigenvalue weighted by Gasteiger charge is -2.32. The largest absolute Gasteiger partial charge is 0.372 e. The van der Waals surface area contributed by atoms with E-state index >= 15 is 0 Å². The molecule has 2 rings (SSSR count). The Labute approximate surface area is 90.5 Å². The highest BCUT2D eigenvalue weighted by Gasteiger charge is 2.48. The Hall–Kier alpha value is 0.540. The van der Waals surface area contributed by atoms with Crippen LogP contribution in [0, 0.1) is 5.92 Å². The Kier molecular flexibility index (Phi) is 3.07. The minimum absolute atomic E-state index is 0.00593. The van der Waals surface area contributed by atoms with E-state index in [0.717, 1.165) is 6.42 Å². The molecule has 0 aliphatic carbocycles. The SMILES string of the molecule is CC1C[C@H]2OC1C[C@@H](OF)[C@@H]2OI.